The highest BCUT2D eigenvalue weighted by atomic mass is 19.1. The summed E-state index contributed by atoms with van der Waals surface area (Å²) in [5, 5.41) is 12.0. The van der Waals surface area contributed by atoms with Crippen LogP contribution in [-0.2, 0) is 0 Å². The van der Waals surface area contributed by atoms with Crippen molar-refractivity contribution in [3.8, 4) is 5.75 Å². The molecule has 1 aromatic rings. The van der Waals surface area contributed by atoms with E-state index in [-0.39, 0.29) is 18.4 Å². The van der Waals surface area contributed by atoms with Crippen molar-refractivity contribution in [2.45, 2.75) is 39.2 Å². The van der Waals surface area contributed by atoms with Gasteiger partial charge in [0.1, 0.15) is 0 Å². The third-order valence-electron chi connectivity index (χ3n) is 2.76. The summed E-state index contributed by atoms with van der Waals surface area (Å²) in [6.07, 6.45) is 2.35. The van der Waals surface area contributed by atoms with Gasteiger partial charge in [-0.25, -0.2) is 4.39 Å². The lowest BCUT2D eigenvalue weighted by molar-refractivity contribution is 0.282. The number of nitrogens with one attached hydrogen (secondary N) is 1. The Balaban J connectivity index is 2.76. The maximum Gasteiger partial charge on any atom is 0.167 e. The van der Waals surface area contributed by atoms with Crippen LogP contribution in [0.2, 0.25) is 0 Å². The molecule has 0 spiro atoms. The first kappa shape index (κ1) is 15.6. The third kappa shape index (κ3) is 4.95. The topological polar surface area (TPSA) is 67.5 Å². The standard InChI is InChI=1S/C14H23FN2O2/c1-3-7-19-14-9-13(12(16)8-11(14)15)17-10(2)5-4-6-18/h8-10,17-18H,3-7,16H2,1-2H3. The van der Waals surface area contributed by atoms with Crippen molar-refractivity contribution in [2.24, 2.45) is 0 Å². The minimum atomic E-state index is -0.445. The highest BCUT2D eigenvalue weighted by Gasteiger charge is 2.11. The van der Waals surface area contributed by atoms with Crippen LogP contribution in [0.4, 0.5) is 15.8 Å². The molecule has 1 aromatic carbocycles. The largest absolute Gasteiger partial charge is 0.490 e. The van der Waals surface area contributed by atoms with Crippen LogP contribution in [-0.4, -0.2) is 24.4 Å². The zero-order chi connectivity index (χ0) is 14.3. The molecule has 0 saturated heterocycles. The molecule has 0 aliphatic carbocycles. The second-order valence-corrected chi connectivity index (χ2v) is 4.63. The maximum absolute atomic E-state index is 13.6. The van der Waals surface area contributed by atoms with Crippen LogP contribution in [0.3, 0.4) is 0 Å². The fourth-order valence-electron chi connectivity index (χ4n) is 1.75. The lowest BCUT2D eigenvalue weighted by Crippen LogP contribution is -2.17. The molecular weight excluding hydrogens is 247 g/mol. The Kier molecular flexibility index (Phi) is 6.42. The molecule has 19 heavy (non-hydrogen) atoms. The highest BCUT2D eigenvalue weighted by Crippen LogP contribution is 2.29. The first-order valence-corrected chi connectivity index (χ1v) is 6.67. The Labute approximate surface area is 113 Å². The fraction of sp³-hybridized carbons (Fsp3) is 0.571. The highest BCUT2D eigenvalue weighted by molar-refractivity contribution is 5.68. The van der Waals surface area contributed by atoms with Gasteiger partial charge in [0.2, 0.25) is 0 Å². The molecule has 4 N–H and O–H groups in total. The molecule has 0 amide bonds. The normalized spacial score (nSPS) is 12.2. The van der Waals surface area contributed by atoms with E-state index in [1.54, 1.807) is 6.07 Å². The summed E-state index contributed by atoms with van der Waals surface area (Å²) >= 11 is 0. The average Bonchev–Trinajstić information content (AvgIpc) is 2.38. The van der Waals surface area contributed by atoms with Gasteiger partial charge in [-0.15, -0.1) is 0 Å². The molecule has 1 unspecified atom stereocenters. The molecule has 108 valence electrons. The number of ether oxygens (including phenoxy) is 1. The lowest BCUT2D eigenvalue weighted by Gasteiger charge is -2.18. The van der Waals surface area contributed by atoms with E-state index in [9.17, 15) is 4.39 Å². The fourth-order valence-corrected chi connectivity index (χ4v) is 1.75. The molecule has 4 nitrogen and oxygen atoms in total. The summed E-state index contributed by atoms with van der Waals surface area (Å²) in [6, 6.07) is 3.01. The first-order valence-electron chi connectivity index (χ1n) is 6.67. The summed E-state index contributed by atoms with van der Waals surface area (Å²) in [5.41, 5.74) is 6.81. The molecule has 0 aromatic heterocycles. The summed E-state index contributed by atoms with van der Waals surface area (Å²) in [7, 11) is 0. The van der Waals surface area contributed by atoms with Gasteiger partial charge in [-0.2, -0.15) is 0 Å². The van der Waals surface area contributed by atoms with E-state index in [2.05, 4.69) is 5.32 Å². The van der Waals surface area contributed by atoms with E-state index < -0.39 is 5.82 Å². The Morgan fingerprint density at radius 1 is 1.47 bits per heavy atom. The second-order valence-electron chi connectivity index (χ2n) is 4.63. The quantitative estimate of drug-likeness (QED) is 0.635. The van der Waals surface area contributed by atoms with Crippen molar-refractivity contribution in [1.29, 1.82) is 0 Å². The summed E-state index contributed by atoms with van der Waals surface area (Å²) in [4.78, 5) is 0. The van der Waals surface area contributed by atoms with E-state index in [0.717, 1.165) is 12.8 Å². The van der Waals surface area contributed by atoms with Crippen molar-refractivity contribution in [3.63, 3.8) is 0 Å². The van der Waals surface area contributed by atoms with Gasteiger partial charge >= 0.3 is 0 Å². The van der Waals surface area contributed by atoms with Gasteiger partial charge < -0.3 is 20.9 Å². The number of nitrogens with two attached hydrogens (primary N) is 1. The molecule has 0 aliphatic heterocycles. The number of nitrogen functional groups attached to an aromatic ring is 1. The van der Waals surface area contributed by atoms with Gasteiger partial charge in [-0.3, -0.25) is 0 Å². The summed E-state index contributed by atoms with van der Waals surface area (Å²) < 4.78 is 19.0. The van der Waals surface area contributed by atoms with Crippen molar-refractivity contribution < 1.29 is 14.2 Å². The molecule has 5 heteroatoms. The van der Waals surface area contributed by atoms with Crippen LogP contribution >= 0.6 is 0 Å². The Bertz CT molecular complexity index is 399. The van der Waals surface area contributed by atoms with E-state index in [1.807, 2.05) is 13.8 Å². The lowest BCUT2D eigenvalue weighted by atomic mass is 10.1. The molecule has 0 fully saturated rings. The maximum atomic E-state index is 13.6. The van der Waals surface area contributed by atoms with Crippen molar-refractivity contribution in [3.05, 3.63) is 17.9 Å². The van der Waals surface area contributed by atoms with Gasteiger partial charge in [0.15, 0.2) is 11.6 Å². The van der Waals surface area contributed by atoms with Crippen LogP contribution in [0.25, 0.3) is 0 Å². The molecular formula is C14H23FN2O2. The van der Waals surface area contributed by atoms with Crippen LogP contribution in [0.15, 0.2) is 12.1 Å². The Morgan fingerprint density at radius 2 is 2.21 bits per heavy atom. The van der Waals surface area contributed by atoms with Gasteiger partial charge in [0.25, 0.3) is 0 Å². The zero-order valence-corrected chi connectivity index (χ0v) is 11.6. The predicted molar refractivity (Wildman–Crippen MR) is 76.0 cm³/mol. The van der Waals surface area contributed by atoms with Crippen LogP contribution in [0.1, 0.15) is 33.1 Å². The third-order valence-corrected chi connectivity index (χ3v) is 2.76. The van der Waals surface area contributed by atoms with Crippen molar-refractivity contribution in [1.82, 2.24) is 0 Å². The van der Waals surface area contributed by atoms with E-state index in [1.165, 1.54) is 6.07 Å². The number of hydrogen-bond acceptors (Lipinski definition) is 4. The number of halogens is 1. The van der Waals surface area contributed by atoms with Crippen molar-refractivity contribution in [2.75, 3.05) is 24.3 Å². The smallest absolute Gasteiger partial charge is 0.167 e. The number of benzene rings is 1. The van der Waals surface area contributed by atoms with Gasteiger partial charge in [-0.05, 0) is 26.2 Å². The minimum absolute atomic E-state index is 0.152. The number of anilines is 2. The first-order chi connectivity index (χ1) is 9.08. The van der Waals surface area contributed by atoms with Crippen LogP contribution in [0, 0.1) is 5.82 Å². The van der Waals surface area contributed by atoms with E-state index in [0.29, 0.717) is 24.4 Å². The Hall–Kier alpha value is -1.49. The second kappa shape index (κ2) is 7.84. The number of rotatable bonds is 8. The zero-order valence-electron chi connectivity index (χ0n) is 11.6. The molecule has 0 bridgehead atoms. The summed E-state index contributed by atoms with van der Waals surface area (Å²) in [6.45, 7) is 4.59. The molecule has 0 aliphatic rings. The van der Waals surface area contributed by atoms with E-state index in [4.69, 9.17) is 15.6 Å². The number of aliphatic hydroxyl groups excluding tert-OH is 1. The minimum Gasteiger partial charge on any atom is -0.490 e. The van der Waals surface area contributed by atoms with Crippen LogP contribution < -0.4 is 15.8 Å². The van der Waals surface area contributed by atoms with Gasteiger partial charge in [0.05, 0.1) is 18.0 Å². The SMILES string of the molecule is CCCOc1cc(NC(C)CCCO)c(N)cc1F. The summed E-state index contributed by atoms with van der Waals surface area (Å²) in [5.74, 6) is -0.229. The van der Waals surface area contributed by atoms with Gasteiger partial charge in [0, 0.05) is 24.8 Å². The molecule has 1 rings (SSSR count). The molecule has 0 saturated carbocycles. The molecule has 1 atom stereocenters. The van der Waals surface area contributed by atoms with Crippen LogP contribution in [0.5, 0.6) is 5.75 Å². The predicted octanol–water partition coefficient (Wildman–Crippen LogP) is 2.77. The Morgan fingerprint density at radius 3 is 2.84 bits per heavy atom. The molecule has 0 radical (unpaired) electrons. The van der Waals surface area contributed by atoms with Gasteiger partial charge in [-0.1, -0.05) is 6.92 Å². The molecule has 0 heterocycles. The monoisotopic (exact) mass is 270 g/mol. The average molecular weight is 270 g/mol. The number of aliphatic hydroxyl groups is 1. The van der Waals surface area contributed by atoms with Crippen molar-refractivity contribution >= 4 is 11.4 Å². The van der Waals surface area contributed by atoms with E-state index >= 15 is 0 Å². The number of hydrogen-bond donors (Lipinski definition) is 3.